The van der Waals surface area contributed by atoms with Crippen LogP contribution in [0.1, 0.15) is 56.9 Å². The van der Waals surface area contributed by atoms with Crippen LogP contribution in [0.25, 0.3) is 0 Å². The lowest BCUT2D eigenvalue weighted by molar-refractivity contribution is -0.218. The standard InChI is InChI=1S/C30H38N8O10S2/c1-29(2)23(26(40)38(29)48-50(43,44)45)36-25(39)22(18-13-49-28(32)34-18)37-47-30(3,27(41)42)20-9-7-14-10-15(6-8-19(14)46-20)24(31)35-21-16-4-5-17(21)12-33-11-16/h6,8,10,13,16-17,20-21,23,33H,4-5,7,9,11-12H2,1-3H3,(H2,31,35)(H2,32,34)(H,36,39)(H,41,42)(H,43,44,45)/t16-,17+,20?,21?,23?,30?. The Hall–Kier alpha value is -4.37. The van der Waals surface area contributed by atoms with Gasteiger partial charge in [-0.05, 0) is 95.1 Å². The van der Waals surface area contributed by atoms with Crippen LogP contribution < -0.4 is 26.4 Å². The molecule has 6 rings (SSSR count). The van der Waals surface area contributed by atoms with Crippen LogP contribution in [0, 0.1) is 17.2 Å². The van der Waals surface area contributed by atoms with Crippen LogP contribution in [0.15, 0.2) is 28.7 Å². The second kappa shape index (κ2) is 13.1. The van der Waals surface area contributed by atoms with Crippen molar-refractivity contribution in [3.05, 3.63) is 40.4 Å². The highest BCUT2D eigenvalue weighted by Crippen LogP contribution is 2.37. The number of thiazole rings is 1. The van der Waals surface area contributed by atoms with Gasteiger partial charge in [0, 0.05) is 17.0 Å². The van der Waals surface area contributed by atoms with Gasteiger partial charge in [0.2, 0.25) is 0 Å². The number of hydrogen-bond donors (Lipinski definition) is 7. The number of aryl methyl sites for hydroxylation is 1. The van der Waals surface area contributed by atoms with Crippen LogP contribution in [0.2, 0.25) is 0 Å². The fraction of sp³-hybridized carbons (Fsp3) is 0.533. The van der Waals surface area contributed by atoms with E-state index in [1.54, 1.807) is 12.1 Å². The van der Waals surface area contributed by atoms with Crippen molar-refractivity contribution in [2.24, 2.45) is 17.0 Å². The summed E-state index contributed by atoms with van der Waals surface area (Å²) in [6.07, 6.45) is 1.81. The zero-order chi connectivity index (χ0) is 36.2. The number of hydroxylamine groups is 2. The Morgan fingerprint density at radius 3 is 2.54 bits per heavy atom. The van der Waals surface area contributed by atoms with Crippen molar-refractivity contribution < 1.29 is 46.3 Å². The first-order valence-corrected chi connectivity index (χ1v) is 18.1. The van der Waals surface area contributed by atoms with E-state index in [9.17, 15) is 27.9 Å². The third-order valence-corrected chi connectivity index (χ3v) is 10.8. The first kappa shape index (κ1) is 35.5. The maximum absolute atomic E-state index is 13.5. The van der Waals surface area contributed by atoms with E-state index in [0.717, 1.165) is 42.8 Å². The maximum Gasteiger partial charge on any atom is 0.418 e. The lowest BCUT2D eigenvalue weighted by atomic mass is 9.84. The highest BCUT2D eigenvalue weighted by atomic mass is 32.3. The number of carbonyl (C=O) groups excluding carboxylic acids is 2. The second-order valence-electron chi connectivity index (χ2n) is 13.5. The fourth-order valence-electron chi connectivity index (χ4n) is 6.90. The summed E-state index contributed by atoms with van der Waals surface area (Å²) in [5, 5.41) is 34.1. The Morgan fingerprint density at radius 2 is 1.94 bits per heavy atom. The molecular weight excluding hydrogens is 697 g/mol. The molecule has 3 aliphatic heterocycles. The Kier molecular flexibility index (Phi) is 9.27. The largest absolute Gasteiger partial charge is 0.485 e. The molecule has 1 aromatic carbocycles. The summed E-state index contributed by atoms with van der Waals surface area (Å²) in [7, 11) is -5.03. The molecule has 18 nitrogen and oxygen atoms in total. The molecule has 4 unspecified atom stereocenters. The molecule has 0 radical (unpaired) electrons. The van der Waals surface area contributed by atoms with Gasteiger partial charge in [-0.3, -0.25) is 19.6 Å². The van der Waals surface area contributed by atoms with E-state index in [2.05, 4.69) is 30.4 Å². The monoisotopic (exact) mass is 734 g/mol. The molecule has 1 saturated carbocycles. The minimum absolute atomic E-state index is 0.0623. The molecule has 50 heavy (non-hydrogen) atoms. The number of β-lactam (4-membered cyclic amide) rings is 1. The number of carbonyl (C=O) groups is 3. The lowest BCUT2D eigenvalue weighted by Gasteiger charge is -2.50. The predicted octanol–water partition coefficient (Wildman–Crippen LogP) is 0.436. The number of nitrogen functional groups attached to an aromatic ring is 1. The molecule has 270 valence electrons. The number of carboxylic acids is 1. The third kappa shape index (κ3) is 6.72. The summed E-state index contributed by atoms with van der Waals surface area (Å²) in [6.45, 7) is 5.87. The number of amides is 2. The maximum atomic E-state index is 13.5. The predicted molar refractivity (Wildman–Crippen MR) is 178 cm³/mol. The van der Waals surface area contributed by atoms with Gasteiger partial charge in [0.05, 0.1) is 5.54 Å². The highest BCUT2D eigenvalue weighted by Gasteiger charge is 2.58. The Labute approximate surface area is 291 Å². The van der Waals surface area contributed by atoms with Crippen molar-refractivity contribution >= 4 is 56.2 Å². The van der Waals surface area contributed by atoms with Crippen molar-refractivity contribution in [1.82, 2.24) is 26.0 Å². The van der Waals surface area contributed by atoms with Crippen LogP contribution >= 0.6 is 11.3 Å². The zero-order valence-corrected chi connectivity index (χ0v) is 29.0. The van der Waals surface area contributed by atoms with Gasteiger partial charge < -0.3 is 36.4 Å². The third-order valence-electron chi connectivity index (χ3n) is 9.81. The second-order valence-corrected chi connectivity index (χ2v) is 15.4. The summed E-state index contributed by atoms with van der Waals surface area (Å²) in [5.41, 5.74) is 3.12. The first-order chi connectivity index (χ1) is 23.5. The molecule has 2 aromatic rings. The molecule has 2 amide bonds. The number of nitrogens with one attached hydrogen (secondary N) is 4. The molecule has 4 heterocycles. The molecule has 1 aliphatic carbocycles. The van der Waals surface area contributed by atoms with Gasteiger partial charge in [0.25, 0.3) is 17.4 Å². The number of hydrogen-bond acceptors (Lipinski definition) is 14. The highest BCUT2D eigenvalue weighted by molar-refractivity contribution is 7.80. The van der Waals surface area contributed by atoms with Gasteiger partial charge >= 0.3 is 16.4 Å². The van der Waals surface area contributed by atoms with E-state index in [1.165, 1.54) is 26.2 Å². The number of benzene rings is 1. The van der Waals surface area contributed by atoms with Crippen LogP contribution in [0.5, 0.6) is 5.75 Å². The summed E-state index contributed by atoms with van der Waals surface area (Å²) < 4.78 is 41.8. The Bertz CT molecular complexity index is 1850. The number of nitrogens with two attached hydrogens (primary N) is 1. The van der Waals surface area contributed by atoms with Crippen LogP contribution in [-0.4, -0.2) is 99.9 Å². The number of carboxylic acid groups (broad SMARTS) is 1. The number of fused-ring (bicyclic) bond motifs is 3. The van der Waals surface area contributed by atoms with Crippen LogP contribution in [-0.2, 0) is 40.3 Å². The van der Waals surface area contributed by atoms with Gasteiger partial charge in [-0.2, -0.15) is 13.5 Å². The summed E-state index contributed by atoms with van der Waals surface area (Å²) in [4.78, 5) is 48.4. The number of aromatic nitrogens is 1. The van der Waals surface area contributed by atoms with Gasteiger partial charge in [-0.15, -0.1) is 15.6 Å². The number of nitrogens with zero attached hydrogens (tertiary/aromatic N) is 3. The van der Waals surface area contributed by atoms with E-state index in [4.69, 9.17) is 25.3 Å². The molecule has 2 bridgehead atoms. The zero-order valence-electron chi connectivity index (χ0n) is 27.3. The lowest BCUT2D eigenvalue weighted by Crippen LogP contribution is -2.76. The van der Waals surface area contributed by atoms with Gasteiger partial charge in [-0.25, -0.2) is 9.78 Å². The topological polar surface area (TPSA) is 268 Å². The van der Waals surface area contributed by atoms with Gasteiger partial charge in [-0.1, -0.05) is 5.16 Å². The normalized spacial score (nSPS) is 26.9. The number of aliphatic carboxylic acids is 1. The summed E-state index contributed by atoms with van der Waals surface area (Å²) >= 11 is 0.969. The van der Waals surface area contributed by atoms with Gasteiger partial charge in [0.15, 0.2) is 16.9 Å². The number of piperidine rings is 1. The van der Waals surface area contributed by atoms with E-state index >= 15 is 0 Å². The number of anilines is 1. The molecule has 3 fully saturated rings. The van der Waals surface area contributed by atoms with E-state index < -0.39 is 57.2 Å². The molecular formula is C30H38N8O10S2. The molecule has 1 aromatic heterocycles. The van der Waals surface area contributed by atoms with Crippen molar-refractivity contribution in [2.75, 3.05) is 18.8 Å². The van der Waals surface area contributed by atoms with Crippen molar-refractivity contribution in [3.8, 4) is 5.75 Å². The average molecular weight is 735 g/mol. The molecule has 8 N–H and O–H groups in total. The number of rotatable bonds is 11. The molecule has 2 saturated heterocycles. The molecule has 4 aliphatic rings. The van der Waals surface area contributed by atoms with Crippen molar-refractivity contribution in [1.29, 1.82) is 5.41 Å². The van der Waals surface area contributed by atoms with Crippen LogP contribution in [0.4, 0.5) is 5.13 Å². The minimum atomic E-state index is -5.03. The first-order valence-electron chi connectivity index (χ1n) is 15.9. The number of oxime groups is 1. The van der Waals surface area contributed by atoms with Crippen molar-refractivity contribution in [2.45, 2.75) is 75.8 Å². The van der Waals surface area contributed by atoms with Crippen LogP contribution in [0.3, 0.4) is 0 Å². The quantitative estimate of drug-likeness (QED) is 0.0543. The molecule has 0 spiro atoms. The van der Waals surface area contributed by atoms with E-state index in [1.807, 2.05) is 6.07 Å². The molecule has 20 heteroatoms. The van der Waals surface area contributed by atoms with E-state index in [-0.39, 0.29) is 23.3 Å². The Balaban J connectivity index is 1.18. The molecule has 6 atom stereocenters. The van der Waals surface area contributed by atoms with E-state index in [0.29, 0.717) is 40.5 Å². The number of ether oxygens (including phenoxy) is 1. The fourth-order valence-corrected chi connectivity index (χ4v) is 7.90. The summed E-state index contributed by atoms with van der Waals surface area (Å²) in [6, 6.07) is 4.22. The summed E-state index contributed by atoms with van der Waals surface area (Å²) in [5.74, 6) is -1.72. The Morgan fingerprint density at radius 1 is 1.24 bits per heavy atom. The van der Waals surface area contributed by atoms with Gasteiger partial charge in [0.1, 0.15) is 23.3 Å². The van der Waals surface area contributed by atoms with Crippen molar-refractivity contribution in [3.63, 3.8) is 0 Å². The average Bonchev–Trinajstić information content (AvgIpc) is 3.57. The SMILES string of the molecule is CC(ON=C(C(=O)NC1C(=O)N(OS(=O)(=O)O)C1(C)C)c1csc(N)n1)(C(=O)O)C1CCc2cc(C(=N)NC3[C@@H]4CC[C@H]3CNC4)ccc2O1. The number of amidine groups is 1. The smallest absolute Gasteiger partial charge is 0.418 e. The minimum Gasteiger partial charge on any atom is -0.485 e.